The lowest BCUT2D eigenvalue weighted by Gasteiger charge is -2.25. The van der Waals surface area contributed by atoms with Gasteiger partial charge in [-0.3, -0.25) is 9.69 Å². The average Bonchev–Trinajstić information content (AvgIpc) is 2.81. The second kappa shape index (κ2) is 11.0. The summed E-state index contributed by atoms with van der Waals surface area (Å²) >= 11 is 13.1. The van der Waals surface area contributed by atoms with Crippen molar-refractivity contribution in [1.29, 1.82) is 0 Å². The molecule has 37 heavy (non-hydrogen) atoms. The van der Waals surface area contributed by atoms with Crippen molar-refractivity contribution < 1.29 is 32.2 Å². The topological polar surface area (TPSA) is 55.8 Å². The fraction of sp³-hybridized carbons (Fsp3) is 0.259. The van der Waals surface area contributed by atoms with Crippen molar-refractivity contribution >= 4 is 40.8 Å². The molecule has 3 rings (SSSR count). The predicted octanol–water partition coefficient (Wildman–Crippen LogP) is 7.56. The molecule has 0 radical (unpaired) electrons. The zero-order chi connectivity index (χ0) is 27.5. The molecular formula is C27H24Cl2F3NO4. The number of hydrogen-bond donors (Lipinski definition) is 0. The third-order valence-corrected chi connectivity index (χ3v) is 6.05. The van der Waals surface area contributed by atoms with Gasteiger partial charge in [0.2, 0.25) is 0 Å². The Kier molecular flexibility index (Phi) is 8.45. The number of carbonyl (C=O) groups is 2. The summed E-state index contributed by atoms with van der Waals surface area (Å²) in [5.41, 5.74) is 2.83. The molecule has 0 bridgehead atoms. The highest BCUT2D eigenvalue weighted by atomic mass is 35.5. The van der Waals surface area contributed by atoms with E-state index in [1.54, 1.807) is 0 Å². The standard InChI is InChI=1S/C27H24Cl2F3NO4/c1-26(2,3)19-9-5-16(6-10-19)15-33(24(34)25(35)36-4)23-21(28)13-18(14-22(23)29)17-7-11-20(12-8-17)37-27(30,31)32/h5-14H,15H2,1-4H3. The van der Waals surface area contributed by atoms with Gasteiger partial charge in [0.1, 0.15) is 5.75 Å². The van der Waals surface area contributed by atoms with Crippen LogP contribution in [0.1, 0.15) is 31.9 Å². The molecule has 0 N–H and O–H groups in total. The summed E-state index contributed by atoms with van der Waals surface area (Å²) in [6.07, 6.45) is -4.81. The van der Waals surface area contributed by atoms with Crippen LogP contribution in [0.15, 0.2) is 60.7 Å². The maximum absolute atomic E-state index is 12.9. The van der Waals surface area contributed by atoms with Gasteiger partial charge in [-0.15, -0.1) is 13.2 Å². The number of nitrogens with zero attached hydrogens (tertiary/aromatic N) is 1. The van der Waals surface area contributed by atoms with Crippen molar-refractivity contribution in [2.75, 3.05) is 12.0 Å². The van der Waals surface area contributed by atoms with E-state index in [9.17, 15) is 22.8 Å². The average molecular weight is 554 g/mol. The van der Waals surface area contributed by atoms with Crippen molar-refractivity contribution in [3.8, 4) is 16.9 Å². The highest BCUT2D eigenvalue weighted by molar-refractivity contribution is 6.44. The summed E-state index contributed by atoms with van der Waals surface area (Å²) in [6, 6.07) is 15.7. The van der Waals surface area contributed by atoms with Crippen LogP contribution in [0.5, 0.6) is 5.75 Å². The first kappa shape index (κ1) is 28.3. The van der Waals surface area contributed by atoms with Crippen LogP contribution in [0.2, 0.25) is 10.0 Å². The van der Waals surface area contributed by atoms with Crippen LogP contribution in [0.4, 0.5) is 18.9 Å². The molecule has 1 amide bonds. The Balaban J connectivity index is 1.98. The summed E-state index contributed by atoms with van der Waals surface area (Å²) in [6.45, 7) is 6.22. The SMILES string of the molecule is COC(=O)C(=O)N(Cc1ccc(C(C)(C)C)cc1)c1c(Cl)cc(-c2ccc(OC(F)(F)F)cc2)cc1Cl. The molecule has 5 nitrogen and oxygen atoms in total. The maximum atomic E-state index is 12.9. The van der Waals surface area contributed by atoms with Crippen LogP contribution in [0.3, 0.4) is 0 Å². The molecule has 0 aliphatic heterocycles. The van der Waals surface area contributed by atoms with E-state index in [0.29, 0.717) is 11.1 Å². The molecule has 0 aromatic heterocycles. The zero-order valence-corrected chi connectivity index (χ0v) is 22.0. The Morgan fingerprint density at radius 1 is 0.865 bits per heavy atom. The van der Waals surface area contributed by atoms with E-state index >= 15 is 0 Å². The van der Waals surface area contributed by atoms with E-state index in [2.05, 4.69) is 30.2 Å². The van der Waals surface area contributed by atoms with Crippen molar-refractivity contribution in [2.24, 2.45) is 0 Å². The molecule has 0 fully saturated rings. The van der Waals surface area contributed by atoms with Gasteiger partial charge in [0.05, 0.1) is 29.4 Å². The third-order valence-electron chi connectivity index (χ3n) is 5.47. The second-order valence-electron chi connectivity index (χ2n) is 9.19. The van der Waals surface area contributed by atoms with E-state index in [4.69, 9.17) is 23.2 Å². The van der Waals surface area contributed by atoms with Crippen LogP contribution in [0, 0.1) is 0 Å². The number of carbonyl (C=O) groups excluding carboxylic acids is 2. The highest BCUT2D eigenvalue weighted by Gasteiger charge is 2.31. The fourth-order valence-electron chi connectivity index (χ4n) is 3.58. The molecule has 0 atom stereocenters. The van der Waals surface area contributed by atoms with Gasteiger partial charge >= 0.3 is 18.2 Å². The molecule has 3 aromatic carbocycles. The van der Waals surface area contributed by atoms with Gasteiger partial charge in [-0.1, -0.05) is 80.4 Å². The minimum absolute atomic E-state index is 0.0133. The van der Waals surface area contributed by atoms with Crippen molar-refractivity contribution in [3.05, 3.63) is 81.8 Å². The van der Waals surface area contributed by atoms with Crippen molar-refractivity contribution in [2.45, 2.75) is 39.1 Å². The highest BCUT2D eigenvalue weighted by Crippen LogP contribution is 2.39. The van der Waals surface area contributed by atoms with E-state index < -0.39 is 18.2 Å². The summed E-state index contributed by atoms with van der Waals surface area (Å²) in [4.78, 5) is 26.2. The fourth-order valence-corrected chi connectivity index (χ4v) is 4.27. The van der Waals surface area contributed by atoms with E-state index in [-0.39, 0.29) is 33.4 Å². The quantitative estimate of drug-likeness (QED) is 0.241. The van der Waals surface area contributed by atoms with Crippen LogP contribution in [-0.2, 0) is 26.3 Å². The zero-order valence-electron chi connectivity index (χ0n) is 20.5. The molecule has 0 saturated carbocycles. The van der Waals surface area contributed by atoms with Crippen LogP contribution < -0.4 is 9.64 Å². The molecule has 10 heteroatoms. The van der Waals surface area contributed by atoms with Crippen molar-refractivity contribution in [1.82, 2.24) is 0 Å². The number of rotatable bonds is 5. The Bertz CT molecular complexity index is 1260. The van der Waals surface area contributed by atoms with Crippen LogP contribution in [-0.4, -0.2) is 25.3 Å². The lowest BCUT2D eigenvalue weighted by atomic mass is 9.87. The number of ether oxygens (including phenoxy) is 2. The summed E-state index contributed by atoms with van der Waals surface area (Å²) in [5, 5.41) is 0.114. The smallest absolute Gasteiger partial charge is 0.462 e. The molecule has 0 aliphatic rings. The first-order valence-corrected chi connectivity index (χ1v) is 11.8. The number of alkyl halides is 3. The minimum atomic E-state index is -4.81. The van der Waals surface area contributed by atoms with Gasteiger partial charge in [-0.2, -0.15) is 0 Å². The largest absolute Gasteiger partial charge is 0.573 e. The second-order valence-corrected chi connectivity index (χ2v) is 10.0. The first-order chi connectivity index (χ1) is 17.2. The number of halogens is 5. The molecular weight excluding hydrogens is 530 g/mol. The van der Waals surface area contributed by atoms with Crippen LogP contribution in [0.25, 0.3) is 11.1 Å². The van der Waals surface area contributed by atoms with E-state index in [0.717, 1.165) is 35.3 Å². The Morgan fingerprint density at radius 3 is 1.86 bits per heavy atom. The molecule has 0 aliphatic carbocycles. The molecule has 0 heterocycles. The molecule has 3 aromatic rings. The molecule has 0 unspecified atom stereocenters. The van der Waals surface area contributed by atoms with E-state index in [1.807, 2.05) is 24.3 Å². The summed E-state index contributed by atoms with van der Waals surface area (Å²) in [5.74, 6) is -2.44. The number of esters is 1. The lowest BCUT2D eigenvalue weighted by molar-refractivity contribution is -0.274. The van der Waals surface area contributed by atoms with Gasteiger partial charge in [0.25, 0.3) is 0 Å². The van der Waals surface area contributed by atoms with Gasteiger partial charge in [-0.25, -0.2) is 4.79 Å². The normalized spacial score (nSPS) is 11.7. The minimum Gasteiger partial charge on any atom is -0.462 e. The van der Waals surface area contributed by atoms with E-state index in [1.165, 1.54) is 24.3 Å². The van der Waals surface area contributed by atoms with Gasteiger partial charge < -0.3 is 9.47 Å². The molecule has 196 valence electrons. The maximum Gasteiger partial charge on any atom is 0.573 e. The summed E-state index contributed by atoms with van der Waals surface area (Å²) < 4.78 is 45.9. The van der Waals surface area contributed by atoms with Gasteiger partial charge in [0.15, 0.2) is 0 Å². The predicted molar refractivity (Wildman–Crippen MR) is 137 cm³/mol. The Hall–Kier alpha value is -3.23. The van der Waals surface area contributed by atoms with Gasteiger partial charge in [0, 0.05) is 0 Å². The summed E-state index contributed by atoms with van der Waals surface area (Å²) in [7, 11) is 1.09. The van der Waals surface area contributed by atoms with Crippen molar-refractivity contribution in [3.63, 3.8) is 0 Å². The Labute approximate surface area is 222 Å². The monoisotopic (exact) mass is 553 g/mol. The Morgan fingerprint density at radius 2 is 1.41 bits per heavy atom. The number of benzene rings is 3. The first-order valence-electron chi connectivity index (χ1n) is 11.0. The molecule has 0 spiro atoms. The van der Waals surface area contributed by atoms with Crippen LogP contribution >= 0.6 is 23.2 Å². The molecule has 0 saturated heterocycles. The number of methoxy groups -OCH3 is 1. The number of anilines is 1. The van der Waals surface area contributed by atoms with Gasteiger partial charge in [-0.05, 0) is 51.9 Å². The lowest BCUT2D eigenvalue weighted by Crippen LogP contribution is -2.37. The third kappa shape index (κ3) is 7.17. The number of amides is 1. The number of hydrogen-bond acceptors (Lipinski definition) is 4.